The first-order valence-corrected chi connectivity index (χ1v) is 4.94. The van der Waals surface area contributed by atoms with E-state index in [1.165, 1.54) is 0 Å². The number of anilines is 1. The third kappa shape index (κ3) is 1.74. The number of aromatic nitrogens is 6. The zero-order chi connectivity index (χ0) is 11.5. The molecule has 16 heavy (non-hydrogen) atoms. The fourth-order valence-corrected chi connectivity index (χ4v) is 1.41. The molecule has 3 N–H and O–H groups in total. The van der Waals surface area contributed by atoms with E-state index in [1.807, 2.05) is 11.6 Å². The fraction of sp³-hybridized carbons (Fsp3) is 0.500. The van der Waals surface area contributed by atoms with Crippen LogP contribution in [0.15, 0.2) is 6.20 Å². The van der Waals surface area contributed by atoms with E-state index in [9.17, 15) is 0 Å². The molecule has 0 fully saturated rings. The van der Waals surface area contributed by atoms with Gasteiger partial charge in [0.2, 0.25) is 5.95 Å². The number of hydrogen-bond donors (Lipinski definition) is 2. The van der Waals surface area contributed by atoms with Gasteiger partial charge in [-0.2, -0.15) is 0 Å². The Bertz CT molecular complexity index is 470. The highest BCUT2D eigenvalue weighted by Gasteiger charge is 2.12. The van der Waals surface area contributed by atoms with Gasteiger partial charge in [-0.25, -0.2) is 0 Å². The molecule has 0 saturated heterocycles. The van der Waals surface area contributed by atoms with Crippen molar-refractivity contribution in [3.63, 3.8) is 0 Å². The van der Waals surface area contributed by atoms with Gasteiger partial charge in [-0.05, 0) is 0 Å². The maximum absolute atomic E-state index is 5.43. The Morgan fingerprint density at radius 3 is 2.81 bits per heavy atom. The van der Waals surface area contributed by atoms with E-state index in [4.69, 9.17) is 5.73 Å². The number of rotatable bonds is 4. The summed E-state index contributed by atoms with van der Waals surface area (Å²) in [6, 6.07) is 0. The van der Waals surface area contributed by atoms with Gasteiger partial charge in [0.05, 0.1) is 12.7 Å². The first-order valence-electron chi connectivity index (χ1n) is 4.94. The Morgan fingerprint density at radius 2 is 2.19 bits per heavy atom. The van der Waals surface area contributed by atoms with E-state index in [2.05, 4.69) is 25.8 Å². The predicted octanol–water partition coefficient (Wildman–Crippen LogP) is -0.926. The van der Waals surface area contributed by atoms with Crippen LogP contribution in [-0.2, 0) is 13.6 Å². The lowest BCUT2D eigenvalue weighted by Gasteiger charge is -1.99. The Balaban J connectivity index is 2.31. The van der Waals surface area contributed by atoms with Crippen molar-refractivity contribution in [3.8, 4) is 11.5 Å². The van der Waals surface area contributed by atoms with Gasteiger partial charge in [0, 0.05) is 20.6 Å². The van der Waals surface area contributed by atoms with Crippen LogP contribution in [0.4, 0.5) is 5.95 Å². The summed E-state index contributed by atoms with van der Waals surface area (Å²) < 4.78 is 3.50. The third-order valence-electron chi connectivity index (χ3n) is 2.22. The van der Waals surface area contributed by atoms with Gasteiger partial charge in [0.15, 0.2) is 11.5 Å². The Morgan fingerprint density at radius 1 is 1.38 bits per heavy atom. The van der Waals surface area contributed by atoms with Crippen LogP contribution in [0.3, 0.4) is 0 Å². The highest BCUT2D eigenvalue weighted by Crippen LogP contribution is 2.15. The minimum absolute atomic E-state index is 0.531. The summed E-state index contributed by atoms with van der Waals surface area (Å²) in [4.78, 5) is 0. The second-order valence-corrected chi connectivity index (χ2v) is 3.31. The molecule has 8 nitrogen and oxygen atoms in total. The van der Waals surface area contributed by atoms with Gasteiger partial charge in [-0.3, -0.25) is 9.25 Å². The molecule has 2 heterocycles. The topological polar surface area (TPSA) is 99.5 Å². The van der Waals surface area contributed by atoms with E-state index < -0.39 is 0 Å². The number of nitrogens with zero attached hydrogens (tertiary/aromatic N) is 6. The van der Waals surface area contributed by atoms with Crippen molar-refractivity contribution in [1.82, 2.24) is 29.8 Å². The molecule has 0 saturated carbocycles. The lowest BCUT2D eigenvalue weighted by molar-refractivity contribution is 0.598. The van der Waals surface area contributed by atoms with E-state index in [-0.39, 0.29) is 0 Å². The summed E-state index contributed by atoms with van der Waals surface area (Å²) in [6.45, 7) is 1.17. The molecule has 0 bridgehead atoms. The molecule has 2 aromatic heterocycles. The molecule has 2 rings (SSSR count). The van der Waals surface area contributed by atoms with Crippen LogP contribution in [0.25, 0.3) is 11.5 Å². The van der Waals surface area contributed by atoms with Gasteiger partial charge in [0.25, 0.3) is 0 Å². The first-order chi connectivity index (χ1) is 7.76. The average molecular weight is 222 g/mol. The zero-order valence-electron chi connectivity index (χ0n) is 9.25. The Kier molecular flexibility index (Phi) is 2.82. The van der Waals surface area contributed by atoms with E-state index >= 15 is 0 Å². The standard InChI is InChI=1S/C8H14N8/c1-10-8-13-12-7(15(8)2)6-5-16(4-3-9)14-11-6/h5H,3-4,9H2,1-2H3,(H,10,13). The lowest BCUT2D eigenvalue weighted by Crippen LogP contribution is -2.10. The summed E-state index contributed by atoms with van der Waals surface area (Å²) in [5.41, 5.74) is 6.12. The van der Waals surface area contributed by atoms with E-state index in [0.717, 1.165) is 0 Å². The second kappa shape index (κ2) is 4.27. The van der Waals surface area contributed by atoms with E-state index in [1.54, 1.807) is 17.9 Å². The SMILES string of the molecule is CNc1nnc(-c2cn(CCN)nn2)n1C. The quantitative estimate of drug-likeness (QED) is 0.693. The summed E-state index contributed by atoms with van der Waals surface area (Å²) in [5.74, 6) is 1.36. The minimum atomic E-state index is 0.531. The zero-order valence-corrected chi connectivity index (χ0v) is 9.25. The van der Waals surface area contributed by atoms with Crippen molar-refractivity contribution >= 4 is 5.95 Å². The van der Waals surface area contributed by atoms with Gasteiger partial charge < -0.3 is 11.1 Å². The number of nitrogens with two attached hydrogens (primary N) is 1. The molecule has 8 heteroatoms. The van der Waals surface area contributed by atoms with Gasteiger partial charge in [-0.1, -0.05) is 5.21 Å². The van der Waals surface area contributed by atoms with E-state index in [0.29, 0.717) is 30.6 Å². The van der Waals surface area contributed by atoms with Crippen molar-refractivity contribution in [2.75, 3.05) is 18.9 Å². The highest BCUT2D eigenvalue weighted by atomic mass is 15.4. The average Bonchev–Trinajstić information content (AvgIpc) is 2.85. The molecular formula is C8H14N8. The maximum Gasteiger partial charge on any atom is 0.224 e. The molecule has 2 aromatic rings. The molecule has 0 spiro atoms. The summed E-state index contributed by atoms with van der Waals surface area (Å²) in [5, 5.41) is 18.9. The largest absolute Gasteiger partial charge is 0.357 e. The third-order valence-corrected chi connectivity index (χ3v) is 2.22. The van der Waals surface area contributed by atoms with Crippen LogP contribution in [0, 0.1) is 0 Å². The van der Waals surface area contributed by atoms with Crippen molar-refractivity contribution < 1.29 is 0 Å². The molecule has 0 radical (unpaired) electrons. The first kappa shape index (κ1) is 10.6. The maximum atomic E-state index is 5.43. The normalized spacial score (nSPS) is 10.7. The van der Waals surface area contributed by atoms with Crippen LogP contribution in [0.5, 0.6) is 0 Å². The van der Waals surface area contributed by atoms with Crippen LogP contribution in [-0.4, -0.2) is 43.4 Å². The molecule has 0 unspecified atom stereocenters. The van der Waals surface area contributed by atoms with Gasteiger partial charge >= 0.3 is 0 Å². The summed E-state index contributed by atoms with van der Waals surface area (Å²) in [7, 11) is 3.65. The number of hydrogen-bond acceptors (Lipinski definition) is 6. The predicted molar refractivity (Wildman–Crippen MR) is 58.6 cm³/mol. The molecule has 0 aliphatic rings. The van der Waals surface area contributed by atoms with Crippen LogP contribution in [0.1, 0.15) is 0 Å². The van der Waals surface area contributed by atoms with Crippen molar-refractivity contribution in [3.05, 3.63) is 6.20 Å². The van der Waals surface area contributed by atoms with Crippen LogP contribution in [0.2, 0.25) is 0 Å². The van der Waals surface area contributed by atoms with Crippen LogP contribution >= 0.6 is 0 Å². The van der Waals surface area contributed by atoms with Crippen molar-refractivity contribution in [1.29, 1.82) is 0 Å². The molecule has 0 atom stereocenters. The fourth-order valence-electron chi connectivity index (χ4n) is 1.41. The monoisotopic (exact) mass is 222 g/mol. The minimum Gasteiger partial charge on any atom is -0.357 e. The molecular weight excluding hydrogens is 208 g/mol. The molecule has 0 aromatic carbocycles. The Hall–Kier alpha value is -1.96. The molecule has 0 aliphatic carbocycles. The summed E-state index contributed by atoms with van der Waals surface area (Å²) >= 11 is 0. The highest BCUT2D eigenvalue weighted by molar-refractivity contribution is 5.50. The summed E-state index contributed by atoms with van der Waals surface area (Å²) in [6.07, 6.45) is 1.80. The van der Waals surface area contributed by atoms with Gasteiger partial charge in [-0.15, -0.1) is 15.3 Å². The lowest BCUT2D eigenvalue weighted by atomic mass is 10.4. The van der Waals surface area contributed by atoms with Crippen molar-refractivity contribution in [2.45, 2.75) is 6.54 Å². The second-order valence-electron chi connectivity index (χ2n) is 3.31. The number of nitrogens with one attached hydrogen (secondary N) is 1. The van der Waals surface area contributed by atoms with Crippen molar-refractivity contribution in [2.24, 2.45) is 12.8 Å². The molecule has 0 amide bonds. The van der Waals surface area contributed by atoms with Crippen LogP contribution < -0.4 is 11.1 Å². The molecule has 0 aliphatic heterocycles. The molecule has 86 valence electrons. The van der Waals surface area contributed by atoms with Gasteiger partial charge in [0.1, 0.15) is 0 Å². The Labute approximate surface area is 92.5 Å². The smallest absolute Gasteiger partial charge is 0.224 e.